The maximum Gasteiger partial charge on any atom is 0.254 e. The van der Waals surface area contributed by atoms with Crippen LogP contribution < -0.4 is 4.74 Å². The number of rotatable bonds is 7. The summed E-state index contributed by atoms with van der Waals surface area (Å²) in [5.41, 5.74) is 3.96. The second-order valence-electron chi connectivity index (χ2n) is 8.57. The van der Waals surface area contributed by atoms with Gasteiger partial charge in [0, 0.05) is 11.6 Å². The molecule has 4 rings (SSSR count). The first-order valence-corrected chi connectivity index (χ1v) is 11.3. The summed E-state index contributed by atoms with van der Waals surface area (Å²) in [4.78, 5) is 15.1. The van der Waals surface area contributed by atoms with Crippen LogP contribution in [-0.2, 0) is 6.54 Å². The second-order valence-corrected chi connectivity index (χ2v) is 8.57. The number of hydrogen-bond acceptors (Lipinski definition) is 3. The number of aryl methyl sites for hydroxylation is 2. The summed E-state index contributed by atoms with van der Waals surface area (Å²) in [5, 5.41) is 4.76. The van der Waals surface area contributed by atoms with Gasteiger partial charge in [0.1, 0.15) is 11.6 Å². The van der Waals surface area contributed by atoms with Crippen LogP contribution in [0.3, 0.4) is 0 Å². The molecule has 0 fully saturated rings. The van der Waals surface area contributed by atoms with E-state index in [9.17, 15) is 9.18 Å². The van der Waals surface area contributed by atoms with Gasteiger partial charge in [-0.15, -0.1) is 0 Å². The first-order valence-electron chi connectivity index (χ1n) is 11.3. The number of para-hydroxylation sites is 1. The number of carbonyl (C=O) groups excluding carboxylic acids is 1. The molecule has 0 unspecified atom stereocenters. The number of amides is 1. The molecule has 1 amide bonds. The average Bonchev–Trinajstić information content (AvgIpc) is 3.12. The van der Waals surface area contributed by atoms with Crippen molar-refractivity contribution >= 4 is 5.91 Å². The molecule has 0 saturated heterocycles. The largest absolute Gasteiger partial charge is 0.439 e. The van der Waals surface area contributed by atoms with Gasteiger partial charge in [-0.3, -0.25) is 4.79 Å². The van der Waals surface area contributed by atoms with Crippen molar-refractivity contribution in [2.24, 2.45) is 0 Å². The smallest absolute Gasteiger partial charge is 0.254 e. The van der Waals surface area contributed by atoms with Crippen LogP contribution in [0.15, 0.2) is 78.9 Å². The lowest BCUT2D eigenvalue weighted by Crippen LogP contribution is -2.36. The van der Waals surface area contributed by atoms with Gasteiger partial charge in [-0.2, -0.15) is 5.10 Å². The number of nitrogens with zero attached hydrogens (tertiary/aromatic N) is 3. The van der Waals surface area contributed by atoms with Crippen LogP contribution in [0.25, 0.3) is 5.69 Å². The molecule has 0 saturated carbocycles. The molecule has 5 nitrogen and oxygen atoms in total. The molecule has 1 heterocycles. The molecule has 0 aliphatic heterocycles. The summed E-state index contributed by atoms with van der Waals surface area (Å²) in [5.74, 6) is 0.705. The highest BCUT2D eigenvalue weighted by Crippen LogP contribution is 2.32. The third-order valence-corrected chi connectivity index (χ3v) is 5.65. The molecule has 0 aliphatic rings. The fourth-order valence-corrected chi connectivity index (χ4v) is 3.78. The molecule has 0 radical (unpaired) electrons. The highest BCUT2D eigenvalue weighted by Gasteiger charge is 2.26. The quantitative estimate of drug-likeness (QED) is 0.319. The van der Waals surface area contributed by atoms with Crippen LogP contribution in [0.2, 0.25) is 0 Å². The molecule has 34 heavy (non-hydrogen) atoms. The number of hydrogen-bond donors (Lipinski definition) is 0. The molecule has 3 aromatic carbocycles. The van der Waals surface area contributed by atoms with Crippen LogP contribution in [0.4, 0.5) is 4.39 Å². The van der Waals surface area contributed by atoms with Gasteiger partial charge in [-0.1, -0.05) is 30.3 Å². The van der Waals surface area contributed by atoms with Gasteiger partial charge in [-0.05, 0) is 81.8 Å². The summed E-state index contributed by atoms with van der Waals surface area (Å²) in [6.07, 6.45) is 0. The van der Waals surface area contributed by atoms with Gasteiger partial charge in [0.2, 0.25) is 5.88 Å². The molecule has 4 aromatic rings. The lowest BCUT2D eigenvalue weighted by atomic mass is 10.1. The predicted molar refractivity (Wildman–Crippen MR) is 131 cm³/mol. The molecule has 0 atom stereocenters. The summed E-state index contributed by atoms with van der Waals surface area (Å²) in [7, 11) is 0. The Labute approximate surface area is 199 Å². The summed E-state index contributed by atoms with van der Waals surface area (Å²) in [6, 6.07) is 23.1. The van der Waals surface area contributed by atoms with E-state index in [1.165, 1.54) is 24.3 Å². The molecule has 0 bridgehead atoms. The Hall–Kier alpha value is -3.93. The monoisotopic (exact) mass is 457 g/mol. The summed E-state index contributed by atoms with van der Waals surface area (Å²) >= 11 is 0. The van der Waals surface area contributed by atoms with E-state index in [2.05, 4.69) is 0 Å². The minimum Gasteiger partial charge on any atom is -0.439 e. The van der Waals surface area contributed by atoms with Crippen molar-refractivity contribution < 1.29 is 13.9 Å². The Kier molecular flexibility index (Phi) is 6.77. The van der Waals surface area contributed by atoms with Crippen molar-refractivity contribution in [3.63, 3.8) is 0 Å². The van der Waals surface area contributed by atoms with E-state index in [-0.39, 0.29) is 17.8 Å². The lowest BCUT2D eigenvalue weighted by Gasteiger charge is -2.27. The SMILES string of the molecule is Cc1cccc(Oc2c(CN(C(=O)c3ccc(F)cc3)C(C)C)c(C)nn2-c2ccccc2)c1. The normalized spacial score (nSPS) is 11.0. The van der Waals surface area contributed by atoms with Gasteiger partial charge < -0.3 is 9.64 Å². The van der Waals surface area contributed by atoms with Crippen LogP contribution in [0.5, 0.6) is 11.6 Å². The molecular weight excluding hydrogens is 429 g/mol. The highest BCUT2D eigenvalue weighted by molar-refractivity contribution is 5.94. The van der Waals surface area contributed by atoms with E-state index in [1.807, 2.05) is 82.3 Å². The molecule has 1 aromatic heterocycles. The maximum absolute atomic E-state index is 13.4. The molecule has 0 N–H and O–H groups in total. The zero-order valence-electron chi connectivity index (χ0n) is 19.8. The highest BCUT2D eigenvalue weighted by atomic mass is 19.1. The van der Waals surface area contributed by atoms with Crippen molar-refractivity contribution in [2.75, 3.05) is 0 Å². The fourth-order valence-electron chi connectivity index (χ4n) is 3.78. The third-order valence-electron chi connectivity index (χ3n) is 5.65. The molecule has 6 heteroatoms. The van der Waals surface area contributed by atoms with Gasteiger partial charge in [-0.25, -0.2) is 9.07 Å². The van der Waals surface area contributed by atoms with E-state index < -0.39 is 0 Å². The Morgan fingerprint density at radius 1 is 1.00 bits per heavy atom. The molecular formula is C28H28FN3O2. The standard InChI is InChI=1S/C28H28FN3O2/c1-19(2)31(27(33)22-13-15-23(29)16-14-22)18-26-21(4)30-32(24-10-6-5-7-11-24)28(26)34-25-12-8-9-20(3)17-25/h5-17,19H,18H2,1-4H3. The maximum atomic E-state index is 13.4. The number of ether oxygens (including phenoxy) is 1. The van der Waals surface area contributed by atoms with Crippen LogP contribution in [0.1, 0.15) is 41.0 Å². The van der Waals surface area contributed by atoms with E-state index in [0.717, 1.165) is 22.5 Å². The number of aromatic nitrogens is 2. The average molecular weight is 458 g/mol. The zero-order chi connectivity index (χ0) is 24.2. The van der Waals surface area contributed by atoms with Crippen LogP contribution in [-0.4, -0.2) is 26.6 Å². The van der Waals surface area contributed by atoms with Crippen LogP contribution in [0, 0.1) is 19.7 Å². The molecule has 174 valence electrons. The number of halogens is 1. The number of benzene rings is 3. The van der Waals surface area contributed by atoms with Crippen molar-refractivity contribution in [3.8, 4) is 17.3 Å². The van der Waals surface area contributed by atoms with Gasteiger partial charge in [0.05, 0.1) is 23.5 Å². The Balaban J connectivity index is 1.77. The summed E-state index contributed by atoms with van der Waals surface area (Å²) < 4.78 is 21.6. The zero-order valence-corrected chi connectivity index (χ0v) is 19.8. The van der Waals surface area contributed by atoms with E-state index in [0.29, 0.717) is 23.7 Å². The Morgan fingerprint density at radius 2 is 1.71 bits per heavy atom. The lowest BCUT2D eigenvalue weighted by molar-refractivity contribution is 0.0689. The van der Waals surface area contributed by atoms with E-state index >= 15 is 0 Å². The Bertz CT molecular complexity index is 1280. The van der Waals surface area contributed by atoms with Crippen molar-refractivity contribution in [3.05, 3.63) is 107 Å². The van der Waals surface area contributed by atoms with Crippen molar-refractivity contribution in [2.45, 2.75) is 40.3 Å². The van der Waals surface area contributed by atoms with Crippen LogP contribution >= 0.6 is 0 Å². The molecule has 0 aliphatic carbocycles. The number of carbonyl (C=O) groups is 1. The van der Waals surface area contributed by atoms with Gasteiger partial charge >= 0.3 is 0 Å². The fraction of sp³-hybridized carbons (Fsp3) is 0.214. The second kappa shape index (κ2) is 9.91. The van der Waals surface area contributed by atoms with E-state index in [4.69, 9.17) is 9.84 Å². The van der Waals surface area contributed by atoms with Crippen molar-refractivity contribution in [1.29, 1.82) is 0 Å². The Morgan fingerprint density at radius 3 is 2.35 bits per heavy atom. The van der Waals surface area contributed by atoms with E-state index in [1.54, 1.807) is 9.58 Å². The third kappa shape index (κ3) is 5.01. The first kappa shape index (κ1) is 23.2. The van der Waals surface area contributed by atoms with Gasteiger partial charge in [0.15, 0.2) is 0 Å². The topological polar surface area (TPSA) is 47.4 Å². The minimum absolute atomic E-state index is 0.0937. The van der Waals surface area contributed by atoms with Gasteiger partial charge in [0.25, 0.3) is 5.91 Å². The molecule has 0 spiro atoms. The predicted octanol–water partition coefficient (Wildman–Crippen LogP) is 6.47. The minimum atomic E-state index is -0.374. The first-order chi connectivity index (χ1) is 16.3. The van der Waals surface area contributed by atoms with Crippen molar-refractivity contribution in [1.82, 2.24) is 14.7 Å². The summed E-state index contributed by atoms with van der Waals surface area (Å²) in [6.45, 7) is 8.14.